The molecule has 1 saturated heterocycles. The van der Waals surface area contributed by atoms with Crippen LogP contribution in [0.15, 0.2) is 21.5 Å². The summed E-state index contributed by atoms with van der Waals surface area (Å²) in [4.78, 5) is 36.7. The molecule has 25 heavy (non-hydrogen) atoms. The SMILES string of the molecule is CCOC(=O)CN1C(=O)S/C(=C\c2cc(Br)cc(OCC)c2O)C1=O. The first kappa shape index (κ1) is 19.3. The molecule has 0 saturated carbocycles. The standard InChI is InChI=1S/C16H16BrNO6S/c1-3-23-11-7-10(17)5-9(14(11)20)6-12-15(21)18(16(22)25-12)8-13(19)24-4-2/h5-7,20H,3-4,8H2,1-2H3/b12-6-. The highest BCUT2D eigenvalue weighted by molar-refractivity contribution is 9.10. The quantitative estimate of drug-likeness (QED) is 0.548. The number of carbonyl (C=O) groups is 3. The Hall–Kier alpha value is -2.00. The molecule has 0 spiro atoms. The molecule has 1 aliphatic heterocycles. The van der Waals surface area contributed by atoms with Crippen LogP contribution in [0.2, 0.25) is 0 Å². The zero-order valence-electron chi connectivity index (χ0n) is 13.6. The third kappa shape index (κ3) is 4.55. The maximum absolute atomic E-state index is 12.4. The Kier molecular flexibility index (Phi) is 6.49. The number of amides is 2. The van der Waals surface area contributed by atoms with E-state index in [1.165, 1.54) is 6.08 Å². The summed E-state index contributed by atoms with van der Waals surface area (Å²) in [7, 11) is 0. The number of ether oxygens (including phenoxy) is 2. The van der Waals surface area contributed by atoms with Gasteiger partial charge in [-0.05, 0) is 43.8 Å². The molecule has 0 aromatic heterocycles. The predicted octanol–water partition coefficient (Wildman–Crippen LogP) is 3.15. The van der Waals surface area contributed by atoms with Crippen molar-refractivity contribution in [3.63, 3.8) is 0 Å². The number of thioether (sulfide) groups is 1. The minimum absolute atomic E-state index is 0.102. The second kappa shape index (κ2) is 8.39. The lowest BCUT2D eigenvalue weighted by atomic mass is 10.1. The van der Waals surface area contributed by atoms with E-state index in [0.29, 0.717) is 28.4 Å². The van der Waals surface area contributed by atoms with Crippen LogP contribution < -0.4 is 4.74 Å². The number of benzene rings is 1. The summed E-state index contributed by atoms with van der Waals surface area (Å²) >= 11 is 4.00. The van der Waals surface area contributed by atoms with E-state index in [0.717, 1.165) is 4.90 Å². The summed E-state index contributed by atoms with van der Waals surface area (Å²) in [5.41, 5.74) is 0.319. The van der Waals surface area contributed by atoms with Crippen LogP contribution in [-0.2, 0) is 14.3 Å². The summed E-state index contributed by atoms with van der Waals surface area (Å²) in [5.74, 6) is -1.15. The molecule has 0 bridgehead atoms. The number of esters is 1. The highest BCUT2D eigenvalue weighted by Gasteiger charge is 2.36. The molecular weight excluding hydrogens is 414 g/mol. The molecular formula is C16H16BrNO6S. The number of imide groups is 1. The van der Waals surface area contributed by atoms with E-state index in [9.17, 15) is 19.5 Å². The minimum atomic E-state index is -0.657. The monoisotopic (exact) mass is 429 g/mol. The molecule has 1 aromatic rings. The van der Waals surface area contributed by atoms with Crippen molar-refractivity contribution in [1.29, 1.82) is 0 Å². The molecule has 0 atom stereocenters. The smallest absolute Gasteiger partial charge is 0.326 e. The van der Waals surface area contributed by atoms with Gasteiger partial charge in [-0.2, -0.15) is 0 Å². The molecule has 9 heteroatoms. The predicted molar refractivity (Wildman–Crippen MR) is 96.3 cm³/mol. The molecule has 7 nitrogen and oxygen atoms in total. The first-order chi connectivity index (χ1) is 11.9. The van der Waals surface area contributed by atoms with E-state index in [1.54, 1.807) is 26.0 Å². The number of aromatic hydroxyl groups is 1. The van der Waals surface area contributed by atoms with E-state index in [4.69, 9.17) is 9.47 Å². The van der Waals surface area contributed by atoms with Crippen LogP contribution in [0.1, 0.15) is 19.4 Å². The first-order valence-electron chi connectivity index (χ1n) is 7.43. The zero-order valence-corrected chi connectivity index (χ0v) is 16.0. The third-order valence-corrected chi connectivity index (χ3v) is 4.49. The number of carbonyl (C=O) groups excluding carboxylic acids is 3. The van der Waals surface area contributed by atoms with Gasteiger partial charge in [0.25, 0.3) is 11.1 Å². The fourth-order valence-electron chi connectivity index (χ4n) is 2.08. The van der Waals surface area contributed by atoms with E-state index in [1.807, 2.05) is 0 Å². The van der Waals surface area contributed by atoms with Gasteiger partial charge in [0.05, 0.1) is 18.1 Å². The van der Waals surface area contributed by atoms with E-state index in [-0.39, 0.29) is 23.0 Å². The van der Waals surface area contributed by atoms with Crippen molar-refractivity contribution in [1.82, 2.24) is 4.90 Å². The Labute approximate surface area is 157 Å². The average molecular weight is 430 g/mol. The average Bonchev–Trinajstić information content (AvgIpc) is 2.80. The van der Waals surface area contributed by atoms with Crippen LogP contribution >= 0.6 is 27.7 Å². The molecule has 0 unspecified atom stereocenters. The van der Waals surface area contributed by atoms with Gasteiger partial charge >= 0.3 is 5.97 Å². The largest absolute Gasteiger partial charge is 0.504 e. The number of nitrogens with zero attached hydrogens (tertiary/aromatic N) is 1. The Balaban J connectivity index is 2.29. The van der Waals surface area contributed by atoms with Crippen LogP contribution in [0.4, 0.5) is 4.79 Å². The summed E-state index contributed by atoms with van der Waals surface area (Å²) in [5, 5.41) is 9.69. The summed E-state index contributed by atoms with van der Waals surface area (Å²) in [6.07, 6.45) is 1.39. The maximum Gasteiger partial charge on any atom is 0.326 e. The summed E-state index contributed by atoms with van der Waals surface area (Å²) in [6.45, 7) is 3.50. The van der Waals surface area contributed by atoms with Crippen molar-refractivity contribution in [3.8, 4) is 11.5 Å². The summed E-state index contributed by atoms with van der Waals surface area (Å²) in [6, 6.07) is 3.19. The van der Waals surface area contributed by atoms with Gasteiger partial charge in [0.2, 0.25) is 0 Å². The molecule has 1 aliphatic rings. The fourth-order valence-corrected chi connectivity index (χ4v) is 3.37. The Morgan fingerprint density at radius 2 is 2.04 bits per heavy atom. The second-order valence-electron chi connectivity index (χ2n) is 4.85. The van der Waals surface area contributed by atoms with Gasteiger partial charge in [-0.1, -0.05) is 15.9 Å². The van der Waals surface area contributed by atoms with Gasteiger partial charge in [-0.3, -0.25) is 19.3 Å². The molecule has 2 amide bonds. The molecule has 0 aliphatic carbocycles. The van der Waals surface area contributed by atoms with E-state index < -0.39 is 23.7 Å². The molecule has 1 aromatic carbocycles. The maximum atomic E-state index is 12.4. The number of halogens is 1. The van der Waals surface area contributed by atoms with Crippen LogP contribution in [0.3, 0.4) is 0 Å². The number of phenolic OH excluding ortho intramolecular Hbond substituents is 1. The second-order valence-corrected chi connectivity index (χ2v) is 6.76. The van der Waals surface area contributed by atoms with Crippen LogP contribution in [0.25, 0.3) is 6.08 Å². The lowest BCUT2D eigenvalue weighted by Gasteiger charge is -2.11. The van der Waals surface area contributed by atoms with Crippen molar-refractivity contribution >= 4 is 50.9 Å². The lowest BCUT2D eigenvalue weighted by Crippen LogP contribution is -2.34. The molecule has 2 rings (SSSR count). The summed E-state index contributed by atoms with van der Waals surface area (Å²) < 4.78 is 10.7. The van der Waals surface area contributed by atoms with Crippen LogP contribution in [0, 0.1) is 0 Å². The number of hydrogen-bond acceptors (Lipinski definition) is 7. The van der Waals surface area contributed by atoms with Crippen molar-refractivity contribution < 1.29 is 29.0 Å². The van der Waals surface area contributed by atoms with Crippen molar-refractivity contribution in [2.75, 3.05) is 19.8 Å². The van der Waals surface area contributed by atoms with Crippen LogP contribution in [-0.4, -0.2) is 46.9 Å². The fraction of sp³-hybridized carbons (Fsp3) is 0.312. The Morgan fingerprint density at radius 3 is 2.68 bits per heavy atom. The molecule has 0 radical (unpaired) electrons. The normalized spacial score (nSPS) is 15.8. The lowest BCUT2D eigenvalue weighted by molar-refractivity contribution is -0.145. The number of phenols is 1. The van der Waals surface area contributed by atoms with E-state index >= 15 is 0 Å². The molecule has 1 heterocycles. The Bertz CT molecular complexity index is 748. The topological polar surface area (TPSA) is 93.1 Å². The van der Waals surface area contributed by atoms with Gasteiger partial charge in [0, 0.05) is 10.0 Å². The van der Waals surface area contributed by atoms with Gasteiger partial charge in [-0.15, -0.1) is 0 Å². The molecule has 134 valence electrons. The van der Waals surface area contributed by atoms with Crippen LogP contribution in [0.5, 0.6) is 11.5 Å². The van der Waals surface area contributed by atoms with Gasteiger partial charge in [0.1, 0.15) is 6.54 Å². The highest BCUT2D eigenvalue weighted by atomic mass is 79.9. The highest BCUT2D eigenvalue weighted by Crippen LogP contribution is 2.38. The number of rotatable bonds is 6. The zero-order chi connectivity index (χ0) is 18.6. The minimum Gasteiger partial charge on any atom is -0.504 e. The van der Waals surface area contributed by atoms with Crippen molar-refractivity contribution in [2.45, 2.75) is 13.8 Å². The van der Waals surface area contributed by atoms with Gasteiger partial charge < -0.3 is 14.6 Å². The van der Waals surface area contributed by atoms with E-state index in [2.05, 4.69) is 15.9 Å². The first-order valence-corrected chi connectivity index (χ1v) is 9.04. The van der Waals surface area contributed by atoms with Gasteiger partial charge in [0.15, 0.2) is 11.5 Å². The Morgan fingerprint density at radius 1 is 1.32 bits per heavy atom. The molecule has 1 fully saturated rings. The third-order valence-electron chi connectivity index (χ3n) is 3.12. The van der Waals surface area contributed by atoms with Crippen molar-refractivity contribution in [2.24, 2.45) is 0 Å². The number of hydrogen-bond donors (Lipinski definition) is 1. The molecule has 1 N–H and O–H groups in total. The van der Waals surface area contributed by atoms with Gasteiger partial charge in [-0.25, -0.2) is 0 Å². The van der Waals surface area contributed by atoms with Crippen molar-refractivity contribution in [3.05, 3.63) is 27.1 Å².